The fraction of sp³-hybridized carbons (Fsp3) is 0.857. The lowest BCUT2D eigenvalue weighted by Crippen LogP contribution is -2.30. The van der Waals surface area contributed by atoms with Gasteiger partial charge in [0.15, 0.2) is 6.10 Å². The van der Waals surface area contributed by atoms with E-state index in [0.29, 0.717) is 19.3 Å². The van der Waals surface area contributed by atoms with Crippen LogP contribution in [-0.2, 0) is 28.6 Å². The summed E-state index contributed by atoms with van der Waals surface area (Å²) in [5.74, 6) is -0.829. The van der Waals surface area contributed by atoms with Gasteiger partial charge in [-0.3, -0.25) is 14.4 Å². The topological polar surface area (TPSA) is 78.9 Å². The quantitative estimate of drug-likeness (QED) is 0.0261. The summed E-state index contributed by atoms with van der Waals surface area (Å²) in [4.78, 5) is 38.4. The van der Waals surface area contributed by atoms with Crippen molar-refractivity contribution in [1.29, 1.82) is 0 Å². The second kappa shape index (κ2) is 71.8. The van der Waals surface area contributed by atoms with Gasteiger partial charge in [-0.2, -0.15) is 0 Å². The molecule has 6 nitrogen and oxygen atoms in total. The molecule has 0 bridgehead atoms. The smallest absolute Gasteiger partial charge is 0.306 e. The van der Waals surface area contributed by atoms with Crippen LogP contribution in [0.15, 0.2) is 48.6 Å². The van der Waals surface area contributed by atoms with Crippen LogP contribution in [0.5, 0.6) is 0 Å². The number of hydrogen-bond donors (Lipinski definition) is 0. The molecule has 0 fully saturated rings. The third kappa shape index (κ3) is 70.0. The third-order valence-electron chi connectivity index (χ3n) is 16.8. The Morgan fingerprint density at radius 3 is 0.735 bits per heavy atom. The summed E-state index contributed by atoms with van der Waals surface area (Å²) in [6.07, 6.45) is 91.6. The summed E-state index contributed by atoms with van der Waals surface area (Å²) >= 11 is 0. The van der Waals surface area contributed by atoms with Gasteiger partial charge in [0, 0.05) is 19.3 Å². The van der Waals surface area contributed by atoms with E-state index in [1.54, 1.807) is 0 Å². The van der Waals surface area contributed by atoms with Gasteiger partial charge in [0.25, 0.3) is 0 Å². The lowest BCUT2D eigenvalue weighted by atomic mass is 10.0. The molecule has 0 aliphatic carbocycles. The highest BCUT2D eigenvalue weighted by molar-refractivity contribution is 5.71. The monoisotopic (exact) mass is 1160 g/mol. The van der Waals surface area contributed by atoms with Crippen LogP contribution in [0.4, 0.5) is 0 Å². The predicted molar refractivity (Wildman–Crippen MR) is 362 cm³/mol. The first-order valence-corrected chi connectivity index (χ1v) is 37.1. The van der Waals surface area contributed by atoms with Crippen LogP contribution in [0.25, 0.3) is 0 Å². The molecule has 0 aromatic carbocycles. The number of allylic oxidation sites excluding steroid dienone is 8. The van der Waals surface area contributed by atoms with Crippen molar-refractivity contribution in [3.05, 3.63) is 48.6 Å². The van der Waals surface area contributed by atoms with Gasteiger partial charge in [0.05, 0.1) is 0 Å². The van der Waals surface area contributed by atoms with Crippen molar-refractivity contribution in [1.82, 2.24) is 0 Å². The van der Waals surface area contributed by atoms with Gasteiger partial charge in [-0.1, -0.05) is 378 Å². The van der Waals surface area contributed by atoms with Crippen molar-refractivity contribution < 1.29 is 28.6 Å². The fourth-order valence-corrected chi connectivity index (χ4v) is 11.3. The van der Waals surface area contributed by atoms with Gasteiger partial charge in [-0.25, -0.2) is 0 Å². The molecule has 0 spiro atoms. The minimum absolute atomic E-state index is 0.0637. The molecule has 0 heterocycles. The Morgan fingerprint density at radius 1 is 0.253 bits per heavy atom. The van der Waals surface area contributed by atoms with Crippen molar-refractivity contribution in [2.45, 2.75) is 412 Å². The fourth-order valence-electron chi connectivity index (χ4n) is 11.3. The lowest BCUT2D eigenvalue weighted by Gasteiger charge is -2.18. The summed E-state index contributed by atoms with van der Waals surface area (Å²) in [5, 5.41) is 0. The number of carbonyl (C=O) groups excluding carboxylic acids is 3. The minimum atomic E-state index is -0.767. The molecule has 0 saturated carbocycles. The van der Waals surface area contributed by atoms with Crippen LogP contribution in [-0.4, -0.2) is 37.2 Å². The van der Waals surface area contributed by atoms with Gasteiger partial charge in [-0.05, 0) is 57.8 Å². The number of rotatable bonds is 69. The zero-order valence-electron chi connectivity index (χ0n) is 56.0. The zero-order chi connectivity index (χ0) is 59.9. The Bertz CT molecular complexity index is 1430. The molecule has 0 aromatic rings. The summed E-state index contributed by atoms with van der Waals surface area (Å²) in [5.41, 5.74) is 0. The number of ether oxygens (including phenoxy) is 3. The predicted octanol–water partition coefficient (Wildman–Crippen LogP) is 25.7. The summed E-state index contributed by atoms with van der Waals surface area (Å²) < 4.78 is 17.0. The molecule has 0 N–H and O–H groups in total. The Labute approximate surface area is 518 Å². The van der Waals surface area contributed by atoms with Crippen molar-refractivity contribution in [3.8, 4) is 0 Å². The molecule has 0 aliphatic heterocycles. The van der Waals surface area contributed by atoms with E-state index < -0.39 is 6.10 Å². The molecule has 6 heteroatoms. The summed E-state index contributed by atoms with van der Waals surface area (Å²) in [6.45, 7) is 6.61. The highest BCUT2D eigenvalue weighted by Gasteiger charge is 2.20. The van der Waals surface area contributed by atoms with Crippen LogP contribution in [0.3, 0.4) is 0 Å². The molecule has 83 heavy (non-hydrogen) atoms. The van der Waals surface area contributed by atoms with E-state index in [-0.39, 0.29) is 31.1 Å². The Hall–Kier alpha value is -2.63. The molecule has 1 atom stereocenters. The summed E-state index contributed by atoms with van der Waals surface area (Å²) in [7, 11) is 0. The van der Waals surface area contributed by atoms with E-state index in [1.165, 1.54) is 283 Å². The largest absolute Gasteiger partial charge is 0.462 e. The normalized spacial score (nSPS) is 12.3. The molecule has 0 amide bonds. The maximum absolute atomic E-state index is 12.9. The van der Waals surface area contributed by atoms with E-state index >= 15 is 0 Å². The molecule has 0 aromatic heterocycles. The summed E-state index contributed by atoms with van der Waals surface area (Å²) in [6, 6.07) is 0. The van der Waals surface area contributed by atoms with Crippen LogP contribution in [0.1, 0.15) is 406 Å². The maximum atomic E-state index is 12.9. The first-order valence-electron chi connectivity index (χ1n) is 37.1. The SMILES string of the molecule is CC/C=C\C/C=C\C/C=C\C/C=C\CCCCCCCCCCCCCCCCCCCCCCCCC(=O)OCC(COC(=O)CCCCCCCCCCCCCCCC)OC(=O)CCCCCCCCCCCCCCCCCC. The third-order valence-corrected chi connectivity index (χ3v) is 16.8. The van der Waals surface area contributed by atoms with Crippen LogP contribution >= 0.6 is 0 Å². The highest BCUT2D eigenvalue weighted by atomic mass is 16.6. The lowest BCUT2D eigenvalue weighted by molar-refractivity contribution is -0.167. The van der Waals surface area contributed by atoms with Crippen LogP contribution in [0.2, 0.25) is 0 Å². The van der Waals surface area contributed by atoms with Crippen molar-refractivity contribution in [3.63, 3.8) is 0 Å². The van der Waals surface area contributed by atoms with E-state index in [1.807, 2.05) is 0 Å². The zero-order valence-corrected chi connectivity index (χ0v) is 56.0. The Morgan fingerprint density at radius 2 is 0.470 bits per heavy atom. The van der Waals surface area contributed by atoms with Gasteiger partial charge < -0.3 is 14.2 Å². The van der Waals surface area contributed by atoms with Crippen molar-refractivity contribution in [2.24, 2.45) is 0 Å². The Balaban J connectivity index is 4.08. The second-order valence-corrected chi connectivity index (χ2v) is 25.2. The molecule has 1 unspecified atom stereocenters. The molecule has 0 saturated heterocycles. The van der Waals surface area contributed by atoms with Crippen LogP contribution in [0, 0.1) is 0 Å². The van der Waals surface area contributed by atoms with Crippen molar-refractivity contribution >= 4 is 17.9 Å². The number of carbonyl (C=O) groups is 3. The number of esters is 3. The first-order chi connectivity index (χ1) is 41.0. The van der Waals surface area contributed by atoms with E-state index in [9.17, 15) is 14.4 Å². The van der Waals surface area contributed by atoms with Gasteiger partial charge >= 0.3 is 17.9 Å². The van der Waals surface area contributed by atoms with E-state index in [0.717, 1.165) is 83.5 Å². The van der Waals surface area contributed by atoms with Gasteiger partial charge in [0.1, 0.15) is 13.2 Å². The first kappa shape index (κ1) is 80.4. The molecule has 0 rings (SSSR count). The highest BCUT2D eigenvalue weighted by Crippen LogP contribution is 2.19. The Kier molecular flexibility index (Phi) is 69.6. The molecule has 486 valence electrons. The van der Waals surface area contributed by atoms with Gasteiger partial charge in [0.2, 0.25) is 0 Å². The van der Waals surface area contributed by atoms with Crippen molar-refractivity contribution in [2.75, 3.05) is 13.2 Å². The van der Waals surface area contributed by atoms with E-state index in [4.69, 9.17) is 14.2 Å². The maximum Gasteiger partial charge on any atom is 0.306 e. The van der Waals surface area contributed by atoms with E-state index in [2.05, 4.69) is 69.4 Å². The van der Waals surface area contributed by atoms with Gasteiger partial charge in [-0.15, -0.1) is 0 Å². The average molecular weight is 1160 g/mol. The van der Waals surface area contributed by atoms with Crippen LogP contribution < -0.4 is 0 Å². The standard InChI is InChI=1S/C77H142O6/c1-4-7-10-13-16-19-22-25-28-30-31-32-33-34-35-36-37-38-39-40-41-42-43-44-45-46-47-48-50-52-55-58-61-64-67-70-76(79)82-73-74(72-81-75(78)69-66-63-60-57-54-51-27-24-21-18-15-12-9-6-3)83-77(80)71-68-65-62-59-56-53-49-29-26-23-20-17-14-11-8-5-2/h7,10,16,19,25,28,31-32,74H,4-6,8-9,11-15,17-18,20-24,26-27,29-30,33-73H2,1-3H3/b10-7-,19-16-,28-25-,32-31-. The molecular formula is C77H142O6. The molecule has 0 aliphatic rings. The average Bonchev–Trinajstić information content (AvgIpc) is 3.49. The molecule has 0 radical (unpaired) electrons. The second-order valence-electron chi connectivity index (χ2n) is 25.2. The number of hydrogen-bond acceptors (Lipinski definition) is 6. The molecular weight excluding hydrogens is 1020 g/mol. The minimum Gasteiger partial charge on any atom is -0.462 e. The number of unbranched alkanes of at least 4 members (excludes halogenated alkanes) is 50.